The molecule has 0 aliphatic heterocycles. The van der Waals surface area contributed by atoms with E-state index in [0.29, 0.717) is 0 Å². The molecule has 116 valence electrons. The molecule has 0 heterocycles. The molecule has 0 radical (unpaired) electrons. The summed E-state index contributed by atoms with van der Waals surface area (Å²) in [5.41, 5.74) is 0. The fourth-order valence-corrected chi connectivity index (χ4v) is 1.16. The molecule has 0 bridgehead atoms. The molecule has 0 aromatic rings. The van der Waals surface area contributed by atoms with Gasteiger partial charge in [0.2, 0.25) is 0 Å². The van der Waals surface area contributed by atoms with Crippen molar-refractivity contribution in [3.8, 4) is 0 Å². The van der Waals surface area contributed by atoms with Gasteiger partial charge in [-0.3, -0.25) is 0 Å². The minimum absolute atomic E-state index is 2.20. The van der Waals surface area contributed by atoms with Gasteiger partial charge in [0.25, 0.3) is 0 Å². The Labute approximate surface area is 118 Å². The first kappa shape index (κ1) is 20.1. The number of alkyl halides is 13. The van der Waals surface area contributed by atoms with Gasteiger partial charge in [-0.2, -0.15) is 0 Å². The quantitative estimate of drug-likeness (QED) is 0.538. The van der Waals surface area contributed by atoms with E-state index in [1.54, 1.807) is 0 Å². The maximum absolute atomic E-state index is 12.6. The Hall–Kier alpha value is 0.0900. The number of halogens is 13. The van der Waals surface area contributed by atoms with Crippen LogP contribution in [0.15, 0.2) is 0 Å². The van der Waals surface area contributed by atoms with E-state index in [4.69, 9.17) is 0 Å². The second-order valence-corrected chi connectivity index (χ2v) is 4.94. The Morgan fingerprint density at radius 2 is 0.650 bits per heavy atom. The fourth-order valence-electron chi connectivity index (χ4n) is 0.848. The van der Waals surface area contributed by atoms with Crippen LogP contribution in [0.1, 0.15) is 0 Å². The van der Waals surface area contributed by atoms with Crippen LogP contribution in [0.5, 0.6) is 0 Å². The molecule has 0 unspecified atom stereocenters. The third kappa shape index (κ3) is 2.60. The van der Waals surface area contributed by atoms with Crippen LogP contribution < -0.4 is 0 Å². The topological polar surface area (TPSA) is 0 Å². The summed E-state index contributed by atoms with van der Waals surface area (Å²) in [5, 5.41) is 0. The fraction of sp³-hybridized carbons (Fsp3) is 1.00. The van der Waals surface area contributed by atoms with Crippen molar-refractivity contribution in [3.63, 3.8) is 0 Å². The van der Waals surface area contributed by atoms with E-state index in [1.165, 1.54) is 0 Å². The van der Waals surface area contributed by atoms with Crippen molar-refractivity contribution in [2.24, 2.45) is 0 Å². The van der Waals surface area contributed by atoms with Crippen molar-refractivity contribution in [2.75, 3.05) is 0 Å². The van der Waals surface area contributed by atoms with E-state index < -0.39 is 61.0 Å². The van der Waals surface area contributed by atoms with Crippen molar-refractivity contribution >= 4 is 27.9 Å². The number of hydrogen-bond donors (Lipinski definition) is 0. The Kier molecular flexibility index (Phi) is 4.82. The summed E-state index contributed by atoms with van der Waals surface area (Å²) in [4.78, 5) is 0. The summed E-state index contributed by atoms with van der Waals surface area (Å²) in [5.74, 6) is -30.1. The van der Waals surface area contributed by atoms with Gasteiger partial charge >= 0.3 is 118 Å². The van der Waals surface area contributed by atoms with Crippen molar-refractivity contribution in [1.29, 1.82) is 0 Å². The van der Waals surface area contributed by atoms with E-state index in [9.17, 15) is 57.1 Å². The third-order valence-corrected chi connectivity index (χ3v) is 2.72. The van der Waals surface area contributed by atoms with Gasteiger partial charge in [-0.15, -0.1) is 0 Å². The van der Waals surface area contributed by atoms with Gasteiger partial charge in [-0.05, 0) is 0 Å². The first-order chi connectivity index (χ1) is 8.25. The molecule has 0 fully saturated rings. The predicted octanol–water partition coefficient (Wildman–Crippen LogP) is 3.85. The molecular weight excluding hydrogens is 342 g/mol. The average Bonchev–Trinajstić information content (AvgIpc) is 2.12. The van der Waals surface area contributed by atoms with E-state index >= 15 is 0 Å². The molecule has 0 aliphatic carbocycles. The summed E-state index contributed by atoms with van der Waals surface area (Å²) >= 11 is -2.20. The number of hydrogen-bond acceptors (Lipinski definition) is 0. The zero-order chi connectivity index (χ0) is 17.0. The molecule has 0 saturated carbocycles. The molecular formula is C6F13Na. The molecule has 0 spiro atoms. The van der Waals surface area contributed by atoms with E-state index in [0.717, 1.165) is 0 Å². The van der Waals surface area contributed by atoms with Gasteiger partial charge in [0, 0.05) is 0 Å². The van der Waals surface area contributed by atoms with Crippen molar-refractivity contribution in [1.82, 2.24) is 0 Å². The first-order valence-corrected chi connectivity index (χ1v) is 5.21. The molecule has 0 aliphatic rings. The molecule has 0 aromatic carbocycles. The molecule has 0 amide bonds. The molecule has 20 heavy (non-hydrogen) atoms. The van der Waals surface area contributed by atoms with Gasteiger partial charge < -0.3 is 0 Å². The van der Waals surface area contributed by atoms with E-state index in [1.807, 2.05) is 0 Å². The van der Waals surface area contributed by atoms with Crippen molar-refractivity contribution < 1.29 is 57.1 Å². The Bertz CT molecular complexity index is 324. The Balaban J connectivity index is 6.08. The van der Waals surface area contributed by atoms with Crippen LogP contribution in [0.4, 0.5) is 57.1 Å². The summed E-state index contributed by atoms with van der Waals surface area (Å²) in [7, 11) is 0. The van der Waals surface area contributed by atoms with Crippen LogP contribution >= 0.6 is 0 Å². The predicted molar refractivity (Wildman–Crippen MR) is 36.5 cm³/mol. The third-order valence-electron chi connectivity index (χ3n) is 2.09. The molecule has 0 N–H and O–H groups in total. The first-order valence-electron chi connectivity index (χ1n) is 4.21. The summed E-state index contributed by atoms with van der Waals surface area (Å²) in [6, 6.07) is 0. The summed E-state index contributed by atoms with van der Waals surface area (Å²) in [6.45, 7) is 0. The zero-order valence-corrected chi connectivity index (χ0v) is 10.9. The van der Waals surface area contributed by atoms with Gasteiger partial charge in [-0.25, -0.2) is 0 Å². The van der Waals surface area contributed by atoms with Crippen LogP contribution in [-0.4, -0.2) is 61.0 Å². The summed E-state index contributed by atoms with van der Waals surface area (Å²) in [6.07, 6.45) is -7.35. The monoisotopic (exact) mass is 342 g/mol. The summed E-state index contributed by atoms with van der Waals surface area (Å²) < 4.78 is 153. The van der Waals surface area contributed by atoms with Gasteiger partial charge in [0.1, 0.15) is 0 Å². The Morgan fingerprint density at radius 3 is 0.850 bits per heavy atom. The average molecular weight is 342 g/mol. The molecule has 0 atom stereocenters. The molecule has 0 nitrogen and oxygen atoms in total. The maximum atomic E-state index is 12.6. The second kappa shape index (κ2) is 4.80. The normalized spacial score (nSPS) is 16.6. The standard InChI is InChI=1S/C6F13.Na/c7-1(8)2(9,10)3(11,12)4(13,14)5(15,16)6(17,18)19;. The van der Waals surface area contributed by atoms with Crippen LogP contribution in [0.25, 0.3) is 0 Å². The van der Waals surface area contributed by atoms with E-state index in [2.05, 4.69) is 0 Å². The molecule has 0 rings (SSSR count). The Morgan fingerprint density at radius 1 is 0.400 bits per heavy atom. The van der Waals surface area contributed by atoms with Crippen LogP contribution in [0.2, 0.25) is 0 Å². The number of rotatable bonds is 4. The SMILES string of the molecule is FC(F)(F)C(F)(F)C(F)(F)C(F)(F)C(F)(F)[C](F)(F)[Na]. The van der Waals surface area contributed by atoms with Crippen LogP contribution in [0, 0.1) is 0 Å². The van der Waals surface area contributed by atoms with Gasteiger partial charge in [0.15, 0.2) is 0 Å². The second-order valence-electron chi connectivity index (χ2n) is 3.68. The molecule has 0 saturated heterocycles. The van der Waals surface area contributed by atoms with Crippen LogP contribution in [-0.2, 0) is 0 Å². The molecule has 14 heteroatoms. The molecule has 0 aromatic heterocycles. The van der Waals surface area contributed by atoms with Gasteiger partial charge in [-0.1, -0.05) is 0 Å². The minimum atomic E-state index is -7.78. The van der Waals surface area contributed by atoms with Crippen molar-refractivity contribution in [3.05, 3.63) is 0 Å². The zero-order valence-electron chi connectivity index (χ0n) is 8.91. The van der Waals surface area contributed by atoms with Crippen molar-refractivity contribution in [2.45, 2.75) is 33.0 Å². The van der Waals surface area contributed by atoms with Gasteiger partial charge in [0.05, 0.1) is 0 Å². The van der Waals surface area contributed by atoms with Crippen LogP contribution in [0.3, 0.4) is 0 Å². The van der Waals surface area contributed by atoms with E-state index in [-0.39, 0.29) is 0 Å².